The lowest BCUT2D eigenvalue weighted by Gasteiger charge is -2.14. The summed E-state index contributed by atoms with van der Waals surface area (Å²) in [6, 6.07) is 7.68. The smallest absolute Gasteiger partial charge is 0.255 e. The van der Waals surface area contributed by atoms with Crippen molar-refractivity contribution in [1.82, 2.24) is 5.32 Å². The number of amides is 1. The summed E-state index contributed by atoms with van der Waals surface area (Å²) in [6.45, 7) is 4.53. The number of benzene rings is 2. The molecule has 3 N–H and O–H groups in total. The van der Waals surface area contributed by atoms with Gasteiger partial charge in [0.25, 0.3) is 5.91 Å². The van der Waals surface area contributed by atoms with E-state index in [9.17, 15) is 13.2 Å². The molecule has 0 radical (unpaired) electrons. The molecule has 3 rings (SSSR count). The molecule has 8 nitrogen and oxygen atoms in total. The fourth-order valence-corrected chi connectivity index (χ4v) is 3.76. The number of methoxy groups -OCH3 is 1. The topological polar surface area (TPSA) is 117 Å². The van der Waals surface area contributed by atoms with Crippen molar-refractivity contribution in [1.29, 1.82) is 0 Å². The van der Waals surface area contributed by atoms with Crippen molar-refractivity contribution in [2.75, 3.05) is 13.7 Å². The Balaban J connectivity index is 1.85. The standard InChI is InChI=1S/C20H24N2O6S/c1-4-27-18-8-13-7-12(2)28-19(13)9-14(18)11-22-20(23)16-10-15(29(21,24)25)5-6-17(16)26-3/h5-6,8-10,12H,4,7,11H2,1-3H3,(H,22,23)(H2,21,24,25)/t12-/m1/s1. The molecular weight excluding hydrogens is 396 g/mol. The van der Waals surface area contributed by atoms with Gasteiger partial charge in [0.05, 0.1) is 24.2 Å². The van der Waals surface area contributed by atoms with Gasteiger partial charge in [-0.05, 0) is 44.2 Å². The van der Waals surface area contributed by atoms with Crippen LogP contribution >= 0.6 is 0 Å². The van der Waals surface area contributed by atoms with Gasteiger partial charge in [-0.3, -0.25) is 4.79 Å². The van der Waals surface area contributed by atoms with E-state index in [0.717, 1.165) is 23.3 Å². The number of primary sulfonamides is 1. The number of hydrogen-bond donors (Lipinski definition) is 2. The van der Waals surface area contributed by atoms with Gasteiger partial charge in [-0.15, -0.1) is 0 Å². The maximum Gasteiger partial charge on any atom is 0.255 e. The van der Waals surface area contributed by atoms with Crippen molar-refractivity contribution in [2.45, 2.75) is 37.8 Å². The van der Waals surface area contributed by atoms with Crippen LogP contribution in [-0.4, -0.2) is 34.1 Å². The SMILES string of the molecule is CCOc1cc2c(cc1CNC(=O)c1cc(S(N)(=O)=O)ccc1OC)O[C@H](C)C2. The lowest BCUT2D eigenvalue weighted by Crippen LogP contribution is -2.24. The minimum atomic E-state index is -3.95. The highest BCUT2D eigenvalue weighted by molar-refractivity contribution is 7.89. The Morgan fingerprint density at radius 2 is 2.03 bits per heavy atom. The lowest BCUT2D eigenvalue weighted by atomic mass is 10.1. The first-order valence-electron chi connectivity index (χ1n) is 9.17. The van der Waals surface area contributed by atoms with Crippen LogP contribution in [0.1, 0.15) is 35.3 Å². The van der Waals surface area contributed by atoms with E-state index in [1.807, 2.05) is 26.0 Å². The van der Waals surface area contributed by atoms with Crippen LogP contribution in [0.5, 0.6) is 17.2 Å². The molecule has 9 heteroatoms. The molecule has 1 heterocycles. The molecule has 0 spiro atoms. The second-order valence-corrected chi connectivity index (χ2v) is 8.28. The van der Waals surface area contributed by atoms with Gasteiger partial charge in [-0.25, -0.2) is 13.6 Å². The highest BCUT2D eigenvalue weighted by Gasteiger charge is 2.23. The Morgan fingerprint density at radius 3 is 2.69 bits per heavy atom. The Kier molecular flexibility index (Phi) is 5.99. The van der Waals surface area contributed by atoms with Crippen LogP contribution in [0.4, 0.5) is 0 Å². The van der Waals surface area contributed by atoms with Gasteiger partial charge in [-0.1, -0.05) is 0 Å². The number of rotatable bonds is 7. The maximum atomic E-state index is 12.7. The molecule has 1 amide bonds. The molecule has 0 saturated carbocycles. The summed E-state index contributed by atoms with van der Waals surface area (Å²) in [5.74, 6) is 1.20. The van der Waals surface area contributed by atoms with Gasteiger partial charge in [0.1, 0.15) is 23.4 Å². The van der Waals surface area contributed by atoms with Crippen LogP contribution in [0.25, 0.3) is 0 Å². The van der Waals surface area contributed by atoms with Crippen molar-refractivity contribution >= 4 is 15.9 Å². The zero-order valence-corrected chi connectivity index (χ0v) is 17.3. The monoisotopic (exact) mass is 420 g/mol. The van der Waals surface area contributed by atoms with Gasteiger partial charge in [0.15, 0.2) is 0 Å². The summed E-state index contributed by atoms with van der Waals surface area (Å²) >= 11 is 0. The highest BCUT2D eigenvalue weighted by atomic mass is 32.2. The molecule has 0 aromatic heterocycles. The van der Waals surface area contributed by atoms with Crippen molar-refractivity contribution in [3.63, 3.8) is 0 Å². The Labute approximate surface area is 170 Å². The number of nitrogens with one attached hydrogen (secondary N) is 1. The van der Waals surface area contributed by atoms with E-state index in [1.54, 1.807) is 0 Å². The molecule has 0 saturated heterocycles. The predicted molar refractivity (Wildman–Crippen MR) is 107 cm³/mol. The highest BCUT2D eigenvalue weighted by Crippen LogP contribution is 2.35. The van der Waals surface area contributed by atoms with E-state index in [-0.39, 0.29) is 28.9 Å². The number of hydrogen-bond acceptors (Lipinski definition) is 6. The van der Waals surface area contributed by atoms with Crippen molar-refractivity contribution in [3.8, 4) is 17.2 Å². The molecular formula is C20H24N2O6S. The van der Waals surface area contributed by atoms with Gasteiger partial charge < -0.3 is 19.5 Å². The van der Waals surface area contributed by atoms with E-state index in [2.05, 4.69) is 5.32 Å². The van der Waals surface area contributed by atoms with Crippen molar-refractivity contribution < 1.29 is 27.4 Å². The van der Waals surface area contributed by atoms with E-state index in [1.165, 1.54) is 25.3 Å². The summed E-state index contributed by atoms with van der Waals surface area (Å²) < 4.78 is 39.9. The fraction of sp³-hybridized carbons (Fsp3) is 0.350. The second kappa shape index (κ2) is 8.30. The largest absolute Gasteiger partial charge is 0.496 e. The average Bonchev–Trinajstić information content (AvgIpc) is 3.03. The number of carbonyl (C=O) groups is 1. The fourth-order valence-electron chi connectivity index (χ4n) is 3.22. The Bertz CT molecular complexity index is 1040. The van der Waals surface area contributed by atoms with E-state index in [4.69, 9.17) is 19.3 Å². The van der Waals surface area contributed by atoms with Crippen LogP contribution < -0.4 is 24.7 Å². The number of fused-ring (bicyclic) bond motifs is 1. The molecule has 1 aliphatic rings. The summed E-state index contributed by atoms with van der Waals surface area (Å²) in [5, 5.41) is 7.95. The maximum absolute atomic E-state index is 12.7. The van der Waals surface area contributed by atoms with Crippen LogP contribution in [-0.2, 0) is 23.0 Å². The first kappa shape index (κ1) is 20.9. The minimum Gasteiger partial charge on any atom is -0.496 e. The molecule has 0 aliphatic carbocycles. The molecule has 29 heavy (non-hydrogen) atoms. The van der Waals surface area contributed by atoms with Crippen LogP contribution in [0.3, 0.4) is 0 Å². The molecule has 1 aliphatic heterocycles. The summed E-state index contributed by atoms with van der Waals surface area (Å²) in [4.78, 5) is 12.6. The molecule has 0 unspecified atom stereocenters. The third-order valence-electron chi connectivity index (χ3n) is 4.56. The number of ether oxygens (including phenoxy) is 3. The normalized spacial score (nSPS) is 15.4. The molecule has 156 valence electrons. The van der Waals surface area contributed by atoms with E-state index in [0.29, 0.717) is 12.4 Å². The lowest BCUT2D eigenvalue weighted by molar-refractivity contribution is 0.0947. The Hall–Kier alpha value is -2.78. The summed E-state index contributed by atoms with van der Waals surface area (Å²) in [5.41, 5.74) is 1.90. The number of carbonyl (C=O) groups excluding carboxylic acids is 1. The van der Waals surface area contributed by atoms with E-state index < -0.39 is 15.9 Å². The third-order valence-corrected chi connectivity index (χ3v) is 5.47. The van der Waals surface area contributed by atoms with Gasteiger partial charge >= 0.3 is 0 Å². The zero-order chi connectivity index (χ0) is 21.2. The van der Waals surface area contributed by atoms with Gasteiger partial charge in [0, 0.05) is 24.1 Å². The number of nitrogens with two attached hydrogens (primary N) is 1. The van der Waals surface area contributed by atoms with E-state index >= 15 is 0 Å². The molecule has 2 aromatic carbocycles. The summed E-state index contributed by atoms with van der Waals surface area (Å²) in [6.07, 6.45) is 0.897. The van der Waals surface area contributed by atoms with Crippen molar-refractivity contribution in [3.05, 3.63) is 47.0 Å². The van der Waals surface area contributed by atoms with Crippen LogP contribution in [0, 0.1) is 0 Å². The molecule has 0 fully saturated rings. The third kappa shape index (κ3) is 4.63. The average molecular weight is 420 g/mol. The quantitative estimate of drug-likeness (QED) is 0.708. The van der Waals surface area contributed by atoms with Gasteiger partial charge in [-0.2, -0.15) is 0 Å². The molecule has 1 atom stereocenters. The first-order chi connectivity index (χ1) is 13.7. The molecule has 2 aromatic rings. The first-order valence-corrected chi connectivity index (χ1v) is 10.7. The van der Waals surface area contributed by atoms with Crippen LogP contribution in [0.15, 0.2) is 35.2 Å². The molecule has 0 bridgehead atoms. The van der Waals surface area contributed by atoms with Crippen molar-refractivity contribution in [2.24, 2.45) is 5.14 Å². The number of sulfonamides is 1. The second-order valence-electron chi connectivity index (χ2n) is 6.72. The van der Waals surface area contributed by atoms with Crippen LogP contribution in [0.2, 0.25) is 0 Å². The zero-order valence-electron chi connectivity index (χ0n) is 16.5. The summed E-state index contributed by atoms with van der Waals surface area (Å²) in [7, 11) is -2.55. The minimum absolute atomic E-state index is 0.0722. The predicted octanol–water partition coefficient (Wildman–Crippen LogP) is 1.99. The van der Waals surface area contributed by atoms with Gasteiger partial charge in [0.2, 0.25) is 10.0 Å². The Morgan fingerprint density at radius 1 is 1.28 bits per heavy atom.